The highest BCUT2D eigenvalue weighted by atomic mass is 19.1. The van der Waals surface area contributed by atoms with Crippen LogP contribution in [0, 0.1) is 28.6 Å². The first-order chi connectivity index (χ1) is 13.0. The van der Waals surface area contributed by atoms with E-state index in [0.717, 1.165) is 0 Å². The van der Waals surface area contributed by atoms with Crippen LogP contribution in [0.1, 0.15) is 46.5 Å². The van der Waals surface area contributed by atoms with E-state index in [1.54, 1.807) is 26.8 Å². The Kier molecular flexibility index (Phi) is 4.15. The summed E-state index contributed by atoms with van der Waals surface area (Å²) in [4.78, 5) is 24.4. The third-order valence-electron chi connectivity index (χ3n) is 8.79. The minimum atomic E-state index is -1.98. The van der Waals surface area contributed by atoms with E-state index < -0.39 is 52.4 Å². The van der Waals surface area contributed by atoms with E-state index in [1.165, 1.54) is 12.2 Å². The van der Waals surface area contributed by atoms with Crippen molar-refractivity contribution in [3.63, 3.8) is 0 Å². The molecule has 6 heteroatoms. The Hall–Kier alpha value is -1.37. The zero-order valence-electron chi connectivity index (χ0n) is 16.6. The Balaban J connectivity index is 1.84. The number of hydrogen-bond donors (Lipinski definition) is 3. The standard InChI is InChI=1S/C22H29FO5/c1-12-8-16-15-5-4-13-9-14(25)6-7-19(13,2)21(15,23)17(26)10-20(16,3)22(12,28)18(27)11-24/h6-7,9,12,15-17,24,26,28H,4-5,8,10-11H2,1-3H3/t12-,15+,16+,17+,19+,20+,21+,22?/m1/s1. The van der Waals surface area contributed by atoms with Crippen molar-refractivity contribution in [1.29, 1.82) is 0 Å². The topological polar surface area (TPSA) is 94.8 Å². The number of halogens is 1. The first-order valence-electron chi connectivity index (χ1n) is 10.1. The largest absolute Gasteiger partial charge is 0.390 e. The number of carbonyl (C=O) groups excluding carboxylic acids is 2. The number of Topliss-reactive ketones (excluding diaryl/α,β-unsaturated/α-hetero) is 1. The number of alkyl halides is 1. The molecule has 0 spiro atoms. The van der Waals surface area contributed by atoms with Crippen molar-refractivity contribution in [1.82, 2.24) is 0 Å². The molecule has 0 aromatic carbocycles. The van der Waals surface area contributed by atoms with Crippen LogP contribution in [0.15, 0.2) is 23.8 Å². The van der Waals surface area contributed by atoms with E-state index >= 15 is 4.39 Å². The van der Waals surface area contributed by atoms with E-state index in [1.807, 2.05) is 0 Å². The molecule has 8 atom stereocenters. The number of carbonyl (C=O) groups is 2. The van der Waals surface area contributed by atoms with Crippen molar-refractivity contribution in [2.45, 2.75) is 63.8 Å². The summed E-state index contributed by atoms with van der Waals surface area (Å²) in [7, 11) is 0. The van der Waals surface area contributed by atoms with Gasteiger partial charge in [-0.15, -0.1) is 0 Å². The summed E-state index contributed by atoms with van der Waals surface area (Å²) >= 11 is 0. The Bertz CT molecular complexity index is 805. The van der Waals surface area contributed by atoms with Gasteiger partial charge in [-0.1, -0.05) is 25.5 Å². The van der Waals surface area contributed by atoms with Crippen molar-refractivity contribution in [3.8, 4) is 0 Å². The normalized spacial score (nSPS) is 52.5. The van der Waals surface area contributed by atoms with E-state index in [4.69, 9.17) is 0 Å². The molecule has 0 bridgehead atoms. The van der Waals surface area contributed by atoms with Gasteiger partial charge in [0, 0.05) is 16.7 Å². The lowest BCUT2D eigenvalue weighted by atomic mass is 9.44. The van der Waals surface area contributed by atoms with Crippen LogP contribution in [-0.2, 0) is 9.59 Å². The number of allylic oxidation sites excluding steroid dienone is 4. The van der Waals surface area contributed by atoms with Gasteiger partial charge in [-0.25, -0.2) is 4.39 Å². The summed E-state index contributed by atoms with van der Waals surface area (Å²) in [6.07, 6.45) is 4.44. The summed E-state index contributed by atoms with van der Waals surface area (Å²) in [6, 6.07) is 0. The van der Waals surface area contributed by atoms with Gasteiger partial charge < -0.3 is 15.3 Å². The highest BCUT2D eigenvalue weighted by Crippen LogP contribution is 2.70. The molecule has 3 saturated carbocycles. The van der Waals surface area contributed by atoms with Crippen LogP contribution in [0.3, 0.4) is 0 Å². The molecule has 4 aliphatic rings. The zero-order valence-corrected chi connectivity index (χ0v) is 16.6. The summed E-state index contributed by atoms with van der Waals surface area (Å²) in [6.45, 7) is 4.48. The molecule has 3 fully saturated rings. The molecular weight excluding hydrogens is 363 g/mol. The van der Waals surface area contributed by atoms with Crippen LogP contribution in [-0.4, -0.2) is 50.9 Å². The van der Waals surface area contributed by atoms with Crippen molar-refractivity contribution in [3.05, 3.63) is 23.8 Å². The van der Waals surface area contributed by atoms with E-state index in [-0.39, 0.29) is 18.1 Å². The van der Waals surface area contributed by atoms with E-state index in [0.29, 0.717) is 24.8 Å². The summed E-state index contributed by atoms with van der Waals surface area (Å²) in [5.74, 6) is -2.12. The molecule has 4 aliphatic carbocycles. The Morgan fingerprint density at radius 1 is 1.32 bits per heavy atom. The molecule has 1 unspecified atom stereocenters. The van der Waals surface area contributed by atoms with Crippen LogP contribution in [0.4, 0.5) is 4.39 Å². The minimum absolute atomic E-state index is 0.0676. The zero-order chi connectivity index (χ0) is 20.7. The van der Waals surface area contributed by atoms with Gasteiger partial charge in [0.05, 0.1) is 6.10 Å². The Morgan fingerprint density at radius 2 is 2.00 bits per heavy atom. The molecule has 4 rings (SSSR count). The molecule has 0 aliphatic heterocycles. The summed E-state index contributed by atoms with van der Waals surface area (Å²) in [5.41, 5.74) is -5.17. The number of rotatable bonds is 2. The van der Waals surface area contributed by atoms with Gasteiger partial charge >= 0.3 is 0 Å². The van der Waals surface area contributed by atoms with Crippen LogP contribution >= 0.6 is 0 Å². The second-order valence-electron chi connectivity index (χ2n) is 9.75. The molecule has 28 heavy (non-hydrogen) atoms. The lowest BCUT2D eigenvalue weighted by Crippen LogP contribution is -2.69. The molecule has 0 radical (unpaired) electrons. The van der Waals surface area contributed by atoms with Crippen LogP contribution in [0.25, 0.3) is 0 Å². The second kappa shape index (κ2) is 5.83. The molecule has 0 heterocycles. The Morgan fingerprint density at radius 3 is 2.64 bits per heavy atom. The highest BCUT2D eigenvalue weighted by molar-refractivity contribution is 6.01. The summed E-state index contributed by atoms with van der Waals surface area (Å²) in [5, 5.41) is 32.0. The van der Waals surface area contributed by atoms with Gasteiger partial charge in [0.2, 0.25) is 0 Å². The molecule has 5 nitrogen and oxygen atoms in total. The average Bonchev–Trinajstić information content (AvgIpc) is 2.84. The van der Waals surface area contributed by atoms with Crippen LogP contribution < -0.4 is 0 Å². The second-order valence-corrected chi connectivity index (χ2v) is 9.75. The van der Waals surface area contributed by atoms with Crippen LogP contribution in [0.5, 0.6) is 0 Å². The van der Waals surface area contributed by atoms with Crippen molar-refractivity contribution in [2.24, 2.45) is 28.6 Å². The number of fused-ring (bicyclic) bond motifs is 5. The SMILES string of the molecule is C[C@@H]1C[C@H]2[C@@H]3CCC4=CC(=O)C=C[C@]4(C)[C@@]3(F)[C@@H](O)C[C@]2(C)C1(O)C(=O)CO. The monoisotopic (exact) mass is 392 g/mol. The molecule has 0 amide bonds. The number of hydrogen-bond acceptors (Lipinski definition) is 5. The van der Waals surface area contributed by atoms with Gasteiger partial charge in [0.25, 0.3) is 0 Å². The lowest BCUT2D eigenvalue weighted by Gasteiger charge is -2.62. The van der Waals surface area contributed by atoms with Crippen molar-refractivity contribution < 1.29 is 29.3 Å². The van der Waals surface area contributed by atoms with E-state index in [9.17, 15) is 24.9 Å². The molecule has 3 N–H and O–H groups in total. The van der Waals surface area contributed by atoms with Gasteiger partial charge in [-0.2, -0.15) is 0 Å². The molecule has 0 aromatic rings. The smallest absolute Gasteiger partial charge is 0.190 e. The fraction of sp³-hybridized carbons (Fsp3) is 0.727. The maximum atomic E-state index is 16.9. The van der Waals surface area contributed by atoms with E-state index in [2.05, 4.69) is 0 Å². The fourth-order valence-electron chi connectivity index (χ4n) is 7.26. The molecule has 154 valence electrons. The van der Waals surface area contributed by atoms with Crippen LogP contribution in [0.2, 0.25) is 0 Å². The lowest BCUT2D eigenvalue weighted by molar-refractivity contribution is -0.219. The highest BCUT2D eigenvalue weighted by Gasteiger charge is 2.75. The average molecular weight is 392 g/mol. The first kappa shape index (κ1) is 19.9. The molecule has 0 saturated heterocycles. The van der Waals surface area contributed by atoms with Gasteiger partial charge in [-0.05, 0) is 56.6 Å². The van der Waals surface area contributed by atoms with Gasteiger partial charge in [0.15, 0.2) is 17.2 Å². The maximum Gasteiger partial charge on any atom is 0.190 e. The van der Waals surface area contributed by atoms with Gasteiger partial charge in [-0.3, -0.25) is 9.59 Å². The van der Waals surface area contributed by atoms with Gasteiger partial charge in [0.1, 0.15) is 12.2 Å². The predicted molar refractivity (Wildman–Crippen MR) is 99.9 cm³/mol. The number of aliphatic hydroxyl groups excluding tert-OH is 2. The van der Waals surface area contributed by atoms with Crippen molar-refractivity contribution >= 4 is 11.6 Å². The third-order valence-corrected chi connectivity index (χ3v) is 8.79. The van der Waals surface area contributed by atoms with Crippen molar-refractivity contribution in [2.75, 3.05) is 6.61 Å². The number of aliphatic hydroxyl groups is 3. The number of ketones is 2. The fourth-order valence-corrected chi connectivity index (χ4v) is 7.26. The molecule has 0 aromatic heterocycles. The Labute approximate surface area is 164 Å². The maximum absolute atomic E-state index is 16.9. The first-order valence-corrected chi connectivity index (χ1v) is 10.1. The quantitative estimate of drug-likeness (QED) is 0.667. The molecular formula is C22H29FO5. The predicted octanol–water partition coefficient (Wildman–Crippen LogP) is 1.90. The third kappa shape index (κ3) is 2.01. The minimum Gasteiger partial charge on any atom is -0.390 e. The summed E-state index contributed by atoms with van der Waals surface area (Å²) < 4.78 is 16.9.